The minimum absolute atomic E-state index is 0.796. The molecule has 2 aromatic carbocycles. The van der Waals surface area contributed by atoms with Crippen LogP contribution in [0.5, 0.6) is 0 Å². The lowest BCUT2D eigenvalue weighted by molar-refractivity contribution is 0.189. The van der Waals surface area contributed by atoms with Crippen molar-refractivity contribution < 1.29 is 4.74 Å². The zero-order valence-corrected chi connectivity index (χ0v) is 17.0. The topological polar surface area (TPSA) is 12.5 Å². The molecule has 0 spiro atoms. The maximum absolute atomic E-state index is 5.80. The minimum Gasteiger partial charge on any atom is -0.385 e. The predicted molar refractivity (Wildman–Crippen MR) is 112 cm³/mol. The van der Waals surface area contributed by atoms with E-state index in [1.807, 2.05) is 6.07 Å². The van der Waals surface area contributed by atoms with Gasteiger partial charge in [0.25, 0.3) is 0 Å². The second-order valence-electron chi connectivity index (χ2n) is 6.31. The summed E-state index contributed by atoms with van der Waals surface area (Å²) in [6, 6.07) is 19.4. The molecular weight excluding hydrogens is 322 g/mol. The summed E-state index contributed by atoms with van der Waals surface area (Å²) in [5.41, 5.74) is 3.46. The van der Waals surface area contributed by atoms with E-state index >= 15 is 0 Å². The molecule has 25 heavy (non-hydrogen) atoms. The van der Waals surface area contributed by atoms with Crippen LogP contribution in [-0.2, 0) is 4.74 Å². The van der Waals surface area contributed by atoms with Crippen molar-refractivity contribution in [3.63, 3.8) is 0 Å². The zero-order chi connectivity index (χ0) is 18.1. The van der Waals surface area contributed by atoms with Gasteiger partial charge in [-0.3, -0.25) is 0 Å². The van der Waals surface area contributed by atoms with E-state index in [1.165, 1.54) is 22.5 Å². The highest BCUT2D eigenvalue weighted by Gasteiger charge is 2.17. The van der Waals surface area contributed by atoms with Crippen molar-refractivity contribution in [1.29, 1.82) is 0 Å². The number of hydrogen-bond acceptors (Lipinski definition) is 2. The third kappa shape index (κ3) is 5.67. The first-order valence-electron chi connectivity index (χ1n) is 9.34. The second-order valence-corrected chi connectivity index (χ2v) is 9.07. The summed E-state index contributed by atoms with van der Waals surface area (Å²) in [4.78, 5) is 2.52. The monoisotopic (exact) mass is 353 g/mol. The predicted octanol–water partition coefficient (Wildman–Crippen LogP) is 3.64. The molecule has 1 unspecified atom stereocenters. The lowest BCUT2D eigenvalue weighted by Gasteiger charge is -2.24. The quantitative estimate of drug-likeness (QED) is 0.605. The lowest BCUT2D eigenvalue weighted by Crippen LogP contribution is -2.46. The molecule has 0 aliphatic heterocycles. The van der Waals surface area contributed by atoms with Crippen molar-refractivity contribution in [3.05, 3.63) is 72.3 Å². The van der Waals surface area contributed by atoms with Gasteiger partial charge in [0, 0.05) is 12.8 Å². The van der Waals surface area contributed by atoms with Crippen LogP contribution in [0.2, 0.25) is 0 Å². The van der Waals surface area contributed by atoms with Gasteiger partial charge in [0.1, 0.15) is 8.80 Å². The zero-order valence-electron chi connectivity index (χ0n) is 15.9. The van der Waals surface area contributed by atoms with E-state index in [2.05, 4.69) is 80.8 Å². The van der Waals surface area contributed by atoms with Gasteiger partial charge in [-0.15, -0.1) is 0 Å². The third-order valence-corrected chi connectivity index (χ3v) is 7.67. The van der Waals surface area contributed by atoms with Gasteiger partial charge >= 0.3 is 0 Å². The molecule has 0 amide bonds. The highest BCUT2D eigenvalue weighted by Crippen LogP contribution is 2.20. The van der Waals surface area contributed by atoms with E-state index in [1.54, 1.807) is 0 Å². The summed E-state index contributed by atoms with van der Waals surface area (Å²) < 4.78 is 5.80. The van der Waals surface area contributed by atoms with E-state index in [4.69, 9.17) is 4.74 Å². The Hall–Kier alpha value is -1.68. The third-order valence-electron chi connectivity index (χ3n) is 4.75. The number of benzene rings is 2. The first kappa shape index (κ1) is 19.6. The molecule has 0 saturated heterocycles. The van der Waals surface area contributed by atoms with Crippen LogP contribution >= 0.6 is 0 Å². The van der Waals surface area contributed by atoms with Crippen molar-refractivity contribution >= 4 is 19.6 Å². The fourth-order valence-corrected chi connectivity index (χ4v) is 5.98. The van der Waals surface area contributed by atoms with Gasteiger partial charge in [-0.1, -0.05) is 80.2 Å². The summed E-state index contributed by atoms with van der Waals surface area (Å²) in [6.45, 7) is 13.8. The Morgan fingerprint density at radius 1 is 0.920 bits per heavy atom. The standard InChI is InChI=1S/C22H31NOSi/c1-5-23(6-2)17-25(18-24-7-3)22-15-13-21(14-16-22)19(4)20-11-9-8-10-12-20/h8-16,25H,4-7,17-18H2,1-3H3. The van der Waals surface area contributed by atoms with Crippen LogP contribution in [0.15, 0.2) is 61.2 Å². The van der Waals surface area contributed by atoms with E-state index < -0.39 is 8.80 Å². The van der Waals surface area contributed by atoms with Crippen molar-refractivity contribution in [2.45, 2.75) is 20.8 Å². The normalized spacial score (nSPS) is 12.3. The maximum Gasteiger partial charge on any atom is 0.114 e. The molecule has 0 bridgehead atoms. The number of nitrogens with zero attached hydrogens (tertiary/aromatic N) is 1. The molecule has 134 valence electrons. The SMILES string of the molecule is C=C(c1ccccc1)c1ccc([SiH](COCC)CN(CC)CC)cc1. The Bertz CT molecular complexity index is 635. The molecule has 0 aliphatic rings. The number of hydrogen-bond donors (Lipinski definition) is 0. The molecule has 0 fully saturated rings. The van der Waals surface area contributed by atoms with Crippen LogP contribution < -0.4 is 5.19 Å². The summed E-state index contributed by atoms with van der Waals surface area (Å²) in [6.07, 6.45) is 2.08. The van der Waals surface area contributed by atoms with E-state index in [0.717, 1.165) is 31.5 Å². The molecule has 0 aliphatic carbocycles. The van der Waals surface area contributed by atoms with Crippen LogP contribution in [0.1, 0.15) is 31.9 Å². The van der Waals surface area contributed by atoms with Gasteiger partial charge in [0.15, 0.2) is 0 Å². The van der Waals surface area contributed by atoms with Gasteiger partial charge in [-0.25, -0.2) is 0 Å². The Morgan fingerprint density at radius 3 is 2.08 bits per heavy atom. The number of ether oxygens (including phenoxy) is 1. The highest BCUT2D eigenvalue weighted by atomic mass is 28.3. The Morgan fingerprint density at radius 2 is 1.52 bits per heavy atom. The first-order valence-corrected chi connectivity index (χ1v) is 11.5. The highest BCUT2D eigenvalue weighted by molar-refractivity contribution is 6.73. The van der Waals surface area contributed by atoms with Gasteiger partial charge < -0.3 is 9.64 Å². The van der Waals surface area contributed by atoms with Crippen LogP contribution in [0, 0.1) is 0 Å². The molecular formula is C22H31NOSi. The lowest BCUT2D eigenvalue weighted by atomic mass is 10.00. The molecule has 2 rings (SSSR count). The Labute approximate surface area is 154 Å². The first-order chi connectivity index (χ1) is 12.2. The molecule has 0 radical (unpaired) electrons. The summed E-state index contributed by atoms with van der Waals surface area (Å²) in [5, 5.41) is 1.48. The number of rotatable bonds is 10. The second kappa shape index (κ2) is 10.3. The van der Waals surface area contributed by atoms with Gasteiger partial charge in [-0.2, -0.15) is 0 Å². The summed E-state index contributed by atoms with van der Waals surface area (Å²) in [5.74, 6) is 0. The van der Waals surface area contributed by atoms with E-state index in [9.17, 15) is 0 Å². The average Bonchev–Trinajstić information content (AvgIpc) is 2.68. The summed E-state index contributed by atoms with van der Waals surface area (Å²) >= 11 is 0. The van der Waals surface area contributed by atoms with Crippen molar-refractivity contribution in [2.24, 2.45) is 0 Å². The van der Waals surface area contributed by atoms with Crippen LogP contribution in [0.25, 0.3) is 5.57 Å². The molecule has 2 nitrogen and oxygen atoms in total. The Balaban J connectivity index is 2.15. The van der Waals surface area contributed by atoms with Crippen molar-refractivity contribution in [3.8, 4) is 0 Å². The van der Waals surface area contributed by atoms with Crippen LogP contribution in [0.4, 0.5) is 0 Å². The summed E-state index contributed by atoms with van der Waals surface area (Å²) in [7, 11) is -1.15. The molecule has 0 N–H and O–H groups in total. The van der Waals surface area contributed by atoms with Crippen molar-refractivity contribution in [2.75, 3.05) is 32.1 Å². The molecule has 3 heteroatoms. The molecule has 2 aromatic rings. The van der Waals surface area contributed by atoms with E-state index in [-0.39, 0.29) is 0 Å². The average molecular weight is 354 g/mol. The minimum atomic E-state index is -1.15. The van der Waals surface area contributed by atoms with Gasteiger partial charge in [-0.05, 0) is 42.9 Å². The smallest absolute Gasteiger partial charge is 0.114 e. The molecule has 0 heterocycles. The largest absolute Gasteiger partial charge is 0.385 e. The fourth-order valence-electron chi connectivity index (χ4n) is 3.07. The molecule has 0 saturated carbocycles. The fraction of sp³-hybridized carbons (Fsp3) is 0.364. The Kier molecular flexibility index (Phi) is 8.12. The van der Waals surface area contributed by atoms with Gasteiger partial charge in [0.05, 0.1) is 0 Å². The van der Waals surface area contributed by atoms with Crippen LogP contribution in [-0.4, -0.2) is 45.8 Å². The molecule has 1 atom stereocenters. The van der Waals surface area contributed by atoms with Gasteiger partial charge in [0.2, 0.25) is 0 Å². The van der Waals surface area contributed by atoms with E-state index in [0.29, 0.717) is 0 Å². The van der Waals surface area contributed by atoms with Crippen molar-refractivity contribution in [1.82, 2.24) is 4.90 Å². The molecule has 0 aromatic heterocycles. The van der Waals surface area contributed by atoms with Crippen LogP contribution in [0.3, 0.4) is 0 Å². The maximum atomic E-state index is 5.80.